The standard InChI is InChI=1S/C47H31N3O/c1-47(2)36-22-11-9-18-32(36)40-37(47)26-24-34-42(28-14-5-3-6-15-28)48-46(49-43(34)40)35-21-13-20-30-31-25-27-39-41(45(31)51-44(30)35)33-19-10-12-23-38(33)50(39)29-16-7-4-8-17-29/h3-27H,1-2H3. The largest absolute Gasteiger partial charge is 0.455 e. The third-order valence-electron chi connectivity index (χ3n) is 11.0. The van der Waals surface area contributed by atoms with Gasteiger partial charge in [-0.3, -0.25) is 0 Å². The molecule has 7 aromatic carbocycles. The van der Waals surface area contributed by atoms with Crippen LogP contribution < -0.4 is 0 Å². The lowest BCUT2D eigenvalue weighted by atomic mass is 9.82. The molecule has 0 aliphatic heterocycles. The molecule has 0 atom stereocenters. The van der Waals surface area contributed by atoms with Gasteiger partial charge in [0.1, 0.15) is 11.2 Å². The van der Waals surface area contributed by atoms with Crippen LogP contribution in [0.3, 0.4) is 0 Å². The summed E-state index contributed by atoms with van der Waals surface area (Å²) in [6.45, 7) is 4.63. The smallest absolute Gasteiger partial charge is 0.164 e. The van der Waals surface area contributed by atoms with Gasteiger partial charge in [-0.1, -0.05) is 129 Å². The highest BCUT2D eigenvalue weighted by molar-refractivity contribution is 6.24. The fourth-order valence-corrected chi connectivity index (χ4v) is 8.66. The van der Waals surface area contributed by atoms with Crippen LogP contribution in [0, 0.1) is 0 Å². The van der Waals surface area contributed by atoms with E-state index in [2.05, 4.69) is 170 Å². The molecular formula is C47H31N3O. The van der Waals surface area contributed by atoms with Crippen LogP contribution in [0.25, 0.3) is 94.1 Å². The van der Waals surface area contributed by atoms with Crippen LogP contribution >= 0.6 is 0 Å². The van der Waals surface area contributed by atoms with Crippen molar-refractivity contribution in [1.29, 1.82) is 0 Å². The minimum Gasteiger partial charge on any atom is -0.455 e. The summed E-state index contributed by atoms with van der Waals surface area (Å²) in [4.78, 5) is 10.8. The lowest BCUT2D eigenvalue weighted by Gasteiger charge is -2.21. The van der Waals surface area contributed by atoms with Gasteiger partial charge in [0, 0.05) is 43.8 Å². The molecule has 0 saturated carbocycles. The Bertz CT molecular complexity index is 3040. The molecular weight excluding hydrogens is 623 g/mol. The van der Waals surface area contributed by atoms with E-state index in [1.165, 1.54) is 22.3 Å². The molecule has 0 radical (unpaired) electrons. The molecule has 4 nitrogen and oxygen atoms in total. The summed E-state index contributed by atoms with van der Waals surface area (Å²) in [6, 6.07) is 53.7. The molecule has 0 amide bonds. The first-order chi connectivity index (χ1) is 25.1. The van der Waals surface area contributed by atoms with Crippen LogP contribution in [0.15, 0.2) is 156 Å². The maximum atomic E-state index is 7.05. The maximum absolute atomic E-state index is 7.05. The van der Waals surface area contributed by atoms with Crippen molar-refractivity contribution in [2.75, 3.05) is 0 Å². The first-order valence-electron chi connectivity index (χ1n) is 17.5. The molecule has 1 aliphatic rings. The number of rotatable bonds is 3. The van der Waals surface area contributed by atoms with Crippen molar-refractivity contribution in [2.45, 2.75) is 19.3 Å². The van der Waals surface area contributed by atoms with Gasteiger partial charge in [-0.25, -0.2) is 9.97 Å². The Morgan fingerprint density at radius 3 is 2.06 bits per heavy atom. The topological polar surface area (TPSA) is 43.9 Å². The van der Waals surface area contributed by atoms with E-state index in [1.54, 1.807) is 0 Å². The normalized spacial score (nSPS) is 13.5. The first kappa shape index (κ1) is 28.3. The SMILES string of the molecule is CC1(C)c2ccccc2-c2c1ccc1c(-c3ccccc3)nc(-c3cccc4c3oc3c4ccc4c3c3ccccc3n4-c3ccccc3)nc21. The summed E-state index contributed by atoms with van der Waals surface area (Å²) in [7, 11) is 0. The zero-order valence-corrected chi connectivity index (χ0v) is 28.2. The van der Waals surface area contributed by atoms with Crippen molar-refractivity contribution < 1.29 is 4.42 Å². The minimum absolute atomic E-state index is 0.138. The molecule has 1 aliphatic carbocycles. The number of para-hydroxylation sites is 3. The summed E-state index contributed by atoms with van der Waals surface area (Å²) < 4.78 is 9.38. The molecule has 10 aromatic rings. The zero-order valence-electron chi connectivity index (χ0n) is 28.2. The van der Waals surface area contributed by atoms with Crippen LogP contribution in [0.1, 0.15) is 25.0 Å². The predicted molar refractivity (Wildman–Crippen MR) is 210 cm³/mol. The quantitative estimate of drug-likeness (QED) is 0.191. The average Bonchev–Trinajstić information content (AvgIpc) is 3.81. The van der Waals surface area contributed by atoms with Gasteiger partial charge in [0.2, 0.25) is 0 Å². The van der Waals surface area contributed by atoms with Crippen LogP contribution in [0.4, 0.5) is 0 Å². The van der Waals surface area contributed by atoms with Crippen molar-refractivity contribution in [3.63, 3.8) is 0 Å². The van der Waals surface area contributed by atoms with Crippen molar-refractivity contribution in [3.8, 4) is 39.5 Å². The van der Waals surface area contributed by atoms with E-state index in [0.29, 0.717) is 5.82 Å². The Hall–Kier alpha value is -6.52. The summed E-state index contributed by atoms with van der Waals surface area (Å²) in [6.07, 6.45) is 0. The van der Waals surface area contributed by atoms with Crippen LogP contribution in [0.2, 0.25) is 0 Å². The van der Waals surface area contributed by atoms with Crippen LogP contribution in [0.5, 0.6) is 0 Å². The van der Waals surface area contributed by atoms with Gasteiger partial charge in [-0.2, -0.15) is 0 Å². The molecule has 0 spiro atoms. The number of furan rings is 1. The summed E-state index contributed by atoms with van der Waals surface area (Å²) in [5.74, 6) is 0.657. The fourth-order valence-electron chi connectivity index (χ4n) is 8.66. The molecule has 0 saturated heterocycles. The molecule has 0 bridgehead atoms. The maximum Gasteiger partial charge on any atom is 0.164 e. The van der Waals surface area contributed by atoms with Crippen molar-refractivity contribution in [1.82, 2.24) is 14.5 Å². The van der Waals surface area contributed by atoms with E-state index in [4.69, 9.17) is 14.4 Å². The van der Waals surface area contributed by atoms with Crippen molar-refractivity contribution in [2.24, 2.45) is 0 Å². The van der Waals surface area contributed by atoms with E-state index in [1.807, 2.05) is 0 Å². The molecule has 11 rings (SSSR count). The molecule has 51 heavy (non-hydrogen) atoms. The molecule has 3 heterocycles. The highest BCUT2D eigenvalue weighted by atomic mass is 16.3. The summed E-state index contributed by atoms with van der Waals surface area (Å²) in [5, 5.41) is 5.44. The van der Waals surface area contributed by atoms with Gasteiger partial charge >= 0.3 is 0 Å². The van der Waals surface area contributed by atoms with Gasteiger partial charge in [0.05, 0.1) is 33.2 Å². The first-order valence-corrected chi connectivity index (χ1v) is 17.5. The van der Waals surface area contributed by atoms with Crippen LogP contribution in [-0.2, 0) is 5.41 Å². The average molecular weight is 654 g/mol. The van der Waals surface area contributed by atoms with Gasteiger partial charge < -0.3 is 8.98 Å². The van der Waals surface area contributed by atoms with Gasteiger partial charge in [0.15, 0.2) is 5.82 Å². The molecule has 0 N–H and O–H groups in total. The number of fused-ring (bicyclic) bond motifs is 12. The molecule has 4 heteroatoms. The second-order valence-corrected chi connectivity index (χ2v) is 14.1. The van der Waals surface area contributed by atoms with E-state index in [-0.39, 0.29) is 5.41 Å². The number of aromatic nitrogens is 3. The number of hydrogen-bond acceptors (Lipinski definition) is 3. The molecule has 3 aromatic heterocycles. The van der Waals surface area contributed by atoms with E-state index < -0.39 is 0 Å². The minimum atomic E-state index is -0.138. The Balaban J connectivity index is 1.23. The number of nitrogens with zero attached hydrogens (tertiary/aromatic N) is 3. The Kier molecular flexibility index (Phi) is 5.70. The van der Waals surface area contributed by atoms with Crippen molar-refractivity contribution >= 4 is 54.6 Å². The van der Waals surface area contributed by atoms with Crippen LogP contribution in [-0.4, -0.2) is 14.5 Å². The number of benzene rings is 7. The molecule has 240 valence electrons. The molecule has 0 unspecified atom stereocenters. The highest BCUT2D eigenvalue weighted by Gasteiger charge is 2.37. The fraction of sp³-hybridized carbons (Fsp3) is 0.0638. The second-order valence-electron chi connectivity index (χ2n) is 14.1. The molecule has 0 fully saturated rings. The van der Waals surface area contributed by atoms with Gasteiger partial charge in [-0.05, 0) is 53.1 Å². The third-order valence-corrected chi connectivity index (χ3v) is 11.0. The monoisotopic (exact) mass is 653 g/mol. The Morgan fingerprint density at radius 2 is 1.20 bits per heavy atom. The third kappa shape index (κ3) is 3.85. The Labute approximate surface area is 294 Å². The lowest BCUT2D eigenvalue weighted by molar-refractivity contribution is 0.661. The Morgan fingerprint density at radius 1 is 0.510 bits per heavy atom. The highest BCUT2D eigenvalue weighted by Crippen LogP contribution is 2.52. The van der Waals surface area contributed by atoms with Gasteiger partial charge in [-0.15, -0.1) is 0 Å². The van der Waals surface area contributed by atoms with Gasteiger partial charge in [0.25, 0.3) is 0 Å². The summed E-state index contributed by atoms with van der Waals surface area (Å²) >= 11 is 0. The summed E-state index contributed by atoms with van der Waals surface area (Å²) in [5.41, 5.74) is 13.8. The second kappa shape index (κ2) is 10.3. The predicted octanol–water partition coefficient (Wildman–Crippen LogP) is 12.3. The van der Waals surface area contributed by atoms with E-state index >= 15 is 0 Å². The van der Waals surface area contributed by atoms with E-state index in [9.17, 15) is 0 Å². The lowest BCUT2D eigenvalue weighted by Crippen LogP contribution is -2.14. The zero-order chi connectivity index (χ0) is 33.8. The number of hydrogen-bond donors (Lipinski definition) is 0. The van der Waals surface area contributed by atoms with E-state index in [0.717, 1.165) is 77.2 Å². The van der Waals surface area contributed by atoms with Crippen molar-refractivity contribution in [3.05, 3.63) is 163 Å².